The second-order valence-electron chi connectivity index (χ2n) is 5.55. The predicted molar refractivity (Wildman–Crippen MR) is 75.7 cm³/mol. The highest BCUT2D eigenvalue weighted by Crippen LogP contribution is 2.38. The van der Waals surface area contributed by atoms with Gasteiger partial charge in [-0.05, 0) is 31.7 Å². The Morgan fingerprint density at radius 3 is 2.50 bits per heavy atom. The molecule has 2 unspecified atom stereocenters. The summed E-state index contributed by atoms with van der Waals surface area (Å²) < 4.78 is 11.2. The first-order chi connectivity index (χ1) is 8.49. The number of carbonyl (C=O) groups excluding carboxylic acids is 1. The van der Waals surface area contributed by atoms with Gasteiger partial charge in [-0.15, -0.1) is 0 Å². The third-order valence-electron chi connectivity index (χ3n) is 4.04. The van der Waals surface area contributed by atoms with Crippen molar-refractivity contribution in [2.45, 2.75) is 50.7 Å². The Bertz CT molecular complexity index is 301. The van der Waals surface area contributed by atoms with E-state index in [4.69, 9.17) is 5.73 Å². The fourth-order valence-corrected chi connectivity index (χ4v) is 2.85. The molecule has 0 aliphatic heterocycles. The van der Waals surface area contributed by atoms with Gasteiger partial charge in [-0.3, -0.25) is 9.00 Å². The number of carbonyl (C=O) groups is 1. The van der Waals surface area contributed by atoms with E-state index in [0.29, 0.717) is 19.5 Å². The molecule has 106 valence electrons. The fourth-order valence-electron chi connectivity index (χ4n) is 2.53. The van der Waals surface area contributed by atoms with Crippen LogP contribution in [0.3, 0.4) is 0 Å². The molecule has 1 rings (SSSR count). The summed E-state index contributed by atoms with van der Waals surface area (Å²) in [4.78, 5) is 11.9. The van der Waals surface area contributed by atoms with E-state index >= 15 is 0 Å². The zero-order chi connectivity index (χ0) is 13.6. The van der Waals surface area contributed by atoms with Gasteiger partial charge >= 0.3 is 0 Å². The largest absolute Gasteiger partial charge is 0.355 e. The van der Waals surface area contributed by atoms with E-state index in [1.807, 2.05) is 6.92 Å². The van der Waals surface area contributed by atoms with E-state index < -0.39 is 10.8 Å². The van der Waals surface area contributed by atoms with Crippen molar-refractivity contribution in [1.82, 2.24) is 5.32 Å². The zero-order valence-electron chi connectivity index (χ0n) is 11.5. The lowest BCUT2D eigenvalue weighted by Gasteiger charge is -2.35. The van der Waals surface area contributed by atoms with E-state index in [-0.39, 0.29) is 16.6 Å². The Hall–Kier alpha value is -0.420. The third kappa shape index (κ3) is 4.69. The van der Waals surface area contributed by atoms with Crippen LogP contribution in [-0.4, -0.2) is 34.7 Å². The van der Waals surface area contributed by atoms with Gasteiger partial charge < -0.3 is 11.1 Å². The highest BCUT2D eigenvalue weighted by Gasteiger charge is 2.32. The lowest BCUT2D eigenvalue weighted by atomic mass is 9.71. The van der Waals surface area contributed by atoms with E-state index in [1.165, 1.54) is 19.3 Å². The molecule has 1 aliphatic rings. The minimum Gasteiger partial charge on any atom is -0.355 e. The molecular weight excluding hydrogens is 248 g/mol. The van der Waals surface area contributed by atoms with Crippen LogP contribution in [-0.2, 0) is 15.6 Å². The molecule has 0 radical (unpaired) electrons. The van der Waals surface area contributed by atoms with E-state index in [9.17, 15) is 9.00 Å². The maximum atomic E-state index is 11.9. The van der Waals surface area contributed by atoms with Crippen LogP contribution in [0.5, 0.6) is 0 Å². The van der Waals surface area contributed by atoms with Gasteiger partial charge in [-0.25, -0.2) is 0 Å². The van der Waals surface area contributed by atoms with Gasteiger partial charge in [0.25, 0.3) is 0 Å². The molecule has 0 saturated heterocycles. The molecule has 1 amide bonds. The van der Waals surface area contributed by atoms with Gasteiger partial charge in [0.05, 0.1) is 0 Å². The minimum absolute atomic E-state index is 0.00846. The molecular formula is C13H26N2O2S. The molecule has 4 nitrogen and oxygen atoms in total. The quantitative estimate of drug-likeness (QED) is 0.763. The van der Waals surface area contributed by atoms with Gasteiger partial charge in [0.1, 0.15) is 0 Å². The summed E-state index contributed by atoms with van der Waals surface area (Å²) in [7, 11) is -0.885. The van der Waals surface area contributed by atoms with Crippen LogP contribution in [0, 0.1) is 5.41 Å². The van der Waals surface area contributed by atoms with Crippen LogP contribution in [0.2, 0.25) is 0 Å². The van der Waals surface area contributed by atoms with Crippen LogP contribution in [0.4, 0.5) is 0 Å². The highest BCUT2D eigenvalue weighted by molar-refractivity contribution is 7.84. The summed E-state index contributed by atoms with van der Waals surface area (Å²) in [5, 5.41) is 2.89. The second kappa shape index (κ2) is 7.24. The first-order valence-electron chi connectivity index (χ1n) is 6.78. The maximum absolute atomic E-state index is 11.9. The van der Waals surface area contributed by atoms with E-state index in [2.05, 4.69) is 5.32 Å². The van der Waals surface area contributed by atoms with E-state index in [0.717, 1.165) is 12.8 Å². The molecule has 2 atom stereocenters. The van der Waals surface area contributed by atoms with Gasteiger partial charge in [-0.1, -0.05) is 19.3 Å². The molecule has 0 heterocycles. The van der Waals surface area contributed by atoms with Crippen molar-refractivity contribution in [2.24, 2.45) is 11.1 Å². The summed E-state index contributed by atoms with van der Waals surface area (Å²) >= 11 is 0. The smallest absolute Gasteiger partial charge is 0.220 e. The Balaban J connectivity index is 2.40. The molecule has 0 bridgehead atoms. The molecule has 0 spiro atoms. The van der Waals surface area contributed by atoms with Crippen molar-refractivity contribution in [2.75, 3.05) is 19.3 Å². The number of rotatable bonds is 6. The SMILES string of the molecule is CC(CNC(=O)CC1(CN)CCCCC1)S(C)=O. The van der Waals surface area contributed by atoms with Crippen LogP contribution in [0.15, 0.2) is 0 Å². The van der Waals surface area contributed by atoms with Crippen LogP contribution in [0.1, 0.15) is 45.4 Å². The summed E-state index contributed by atoms with van der Waals surface area (Å²) in [6, 6.07) is 0. The summed E-state index contributed by atoms with van der Waals surface area (Å²) in [5.41, 5.74) is 5.87. The normalized spacial score (nSPS) is 22.2. The number of hydrogen-bond donors (Lipinski definition) is 2. The zero-order valence-corrected chi connectivity index (χ0v) is 12.4. The summed E-state index contributed by atoms with van der Waals surface area (Å²) in [6.45, 7) is 2.97. The Kier molecular flexibility index (Phi) is 6.29. The minimum atomic E-state index is -0.885. The van der Waals surface area contributed by atoms with Crippen LogP contribution in [0.25, 0.3) is 0 Å². The molecule has 1 fully saturated rings. The monoisotopic (exact) mass is 274 g/mol. The molecule has 1 aliphatic carbocycles. The van der Waals surface area contributed by atoms with Gasteiger partial charge in [0.15, 0.2) is 0 Å². The number of amides is 1. The lowest BCUT2D eigenvalue weighted by Crippen LogP contribution is -2.40. The lowest BCUT2D eigenvalue weighted by molar-refractivity contribution is -0.123. The van der Waals surface area contributed by atoms with Crippen molar-refractivity contribution in [3.8, 4) is 0 Å². The van der Waals surface area contributed by atoms with Crippen LogP contribution < -0.4 is 11.1 Å². The fraction of sp³-hybridized carbons (Fsp3) is 0.923. The van der Waals surface area contributed by atoms with Gasteiger partial charge in [0, 0.05) is 35.3 Å². The first kappa shape index (κ1) is 15.6. The van der Waals surface area contributed by atoms with Crippen molar-refractivity contribution in [3.63, 3.8) is 0 Å². The maximum Gasteiger partial charge on any atom is 0.220 e. The molecule has 0 aromatic carbocycles. The summed E-state index contributed by atoms with van der Waals surface area (Å²) in [5.74, 6) is 0.0552. The third-order valence-corrected chi connectivity index (χ3v) is 5.34. The topological polar surface area (TPSA) is 72.2 Å². The molecule has 5 heteroatoms. The predicted octanol–water partition coefficient (Wildman–Crippen LogP) is 1.17. The Morgan fingerprint density at radius 1 is 1.39 bits per heavy atom. The molecule has 18 heavy (non-hydrogen) atoms. The van der Waals surface area contributed by atoms with Gasteiger partial charge in [-0.2, -0.15) is 0 Å². The average molecular weight is 274 g/mol. The number of nitrogens with two attached hydrogens (primary N) is 1. The van der Waals surface area contributed by atoms with Crippen LogP contribution >= 0.6 is 0 Å². The number of nitrogens with one attached hydrogen (secondary N) is 1. The summed E-state index contributed by atoms with van der Waals surface area (Å²) in [6.07, 6.45) is 7.93. The molecule has 0 aromatic heterocycles. The van der Waals surface area contributed by atoms with Crippen molar-refractivity contribution in [1.29, 1.82) is 0 Å². The highest BCUT2D eigenvalue weighted by atomic mass is 32.2. The van der Waals surface area contributed by atoms with Crippen molar-refractivity contribution in [3.05, 3.63) is 0 Å². The van der Waals surface area contributed by atoms with Gasteiger partial charge in [0.2, 0.25) is 5.91 Å². The number of hydrogen-bond acceptors (Lipinski definition) is 3. The molecule has 1 saturated carbocycles. The Labute approximate surface area is 113 Å². The molecule has 0 aromatic rings. The van der Waals surface area contributed by atoms with Crippen molar-refractivity contribution >= 4 is 16.7 Å². The standard InChI is InChI=1S/C13H26N2O2S/c1-11(18(2)17)9-15-12(16)8-13(10-14)6-4-3-5-7-13/h11H,3-10,14H2,1-2H3,(H,15,16). The second-order valence-corrected chi connectivity index (χ2v) is 7.36. The average Bonchev–Trinajstić information content (AvgIpc) is 2.36. The Morgan fingerprint density at radius 2 is 2.00 bits per heavy atom. The first-order valence-corrected chi connectivity index (χ1v) is 8.40. The van der Waals surface area contributed by atoms with Crippen molar-refractivity contribution < 1.29 is 9.00 Å². The van der Waals surface area contributed by atoms with E-state index in [1.54, 1.807) is 6.26 Å². The molecule has 3 N–H and O–H groups in total.